The van der Waals surface area contributed by atoms with Gasteiger partial charge in [0.05, 0.1) is 0 Å². The highest BCUT2D eigenvalue weighted by atomic mass is 16.2. The molecule has 0 saturated carbocycles. The molecule has 0 aliphatic carbocycles. The van der Waals surface area contributed by atoms with E-state index in [9.17, 15) is 4.79 Å². The van der Waals surface area contributed by atoms with Gasteiger partial charge in [0.25, 0.3) is 5.91 Å². The van der Waals surface area contributed by atoms with Crippen LogP contribution in [0.15, 0.2) is 18.2 Å². The summed E-state index contributed by atoms with van der Waals surface area (Å²) in [5.41, 5.74) is 3.49. The number of anilines is 1. The van der Waals surface area contributed by atoms with Crippen LogP contribution in [0.2, 0.25) is 0 Å². The van der Waals surface area contributed by atoms with E-state index in [0.29, 0.717) is 0 Å². The first-order valence-electron chi connectivity index (χ1n) is 7.67. The van der Waals surface area contributed by atoms with Gasteiger partial charge in [-0.2, -0.15) is 0 Å². The number of carbonyl (C=O) groups is 1. The van der Waals surface area contributed by atoms with Crippen molar-refractivity contribution in [2.24, 2.45) is 0 Å². The lowest BCUT2D eigenvalue weighted by molar-refractivity contribution is 0.0736. The van der Waals surface area contributed by atoms with E-state index in [2.05, 4.69) is 29.3 Å². The van der Waals surface area contributed by atoms with Crippen LogP contribution in [-0.4, -0.2) is 50.1 Å². The van der Waals surface area contributed by atoms with E-state index < -0.39 is 0 Å². The molecule has 1 amide bonds. The van der Waals surface area contributed by atoms with Crippen molar-refractivity contribution in [3.63, 3.8) is 0 Å². The average molecular weight is 273 g/mol. The Morgan fingerprint density at radius 1 is 1.25 bits per heavy atom. The molecule has 2 aliphatic heterocycles. The lowest BCUT2D eigenvalue weighted by Crippen LogP contribution is -2.46. The van der Waals surface area contributed by atoms with Crippen molar-refractivity contribution in [3.8, 4) is 0 Å². The summed E-state index contributed by atoms with van der Waals surface area (Å²) in [6.45, 7) is 7.73. The molecular weight excluding hydrogens is 250 g/mol. The van der Waals surface area contributed by atoms with Crippen molar-refractivity contribution in [3.05, 3.63) is 29.3 Å². The SMILES string of the molecule is CCN1CCCc2ccc(C(=O)N3CCNCC3)cc21. The van der Waals surface area contributed by atoms with E-state index in [1.165, 1.54) is 17.7 Å². The number of hydrogen-bond acceptors (Lipinski definition) is 3. The van der Waals surface area contributed by atoms with Gasteiger partial charge in [-0.25, -0.2) is 0 Å². The Labute approximate surface area is 120 Å². The van der Waals surface area contributed by atoms with Gasteiger partial charge in [0, 0.05) is 50.5 Å². The topological polar surface area (TPSA) is 35.6 Å². The van der Waals surface area contributed by atoms with Gasteiger partial charge in [0.15, 0.2) is 0 Å². The maximum absolute atomic E-state index is 12.6. The number of hydrogen-bond donors (Lipinski definition) is 1. The molecule has 2 heterocycles. The monoisotopic (exact) mass is 273 g/mol. The molecule has 2 aliphatic rings. The van der Waals surface area contributed by atoms with Crippen LogP contribution in [-0.2, 0) is 6.42 Å². The number of fused-ring (bicyclic) bond motifs is 1. The van der Waals surface area contributed by atoms with Crippen LogP contribution in [0.5, 0.6) is 0 Å². The van der Waals surface area contributed by atoms with Gasteiger partial charge in [-0.15, -0.1) is 0 Å². The van der Waals surface area contributed by atoms with Crippen LogP contribution in [0.3, 0.4) is 0 Å². The molecule has 20 heavy (non-hydrogen) atoms. The largest absolute Gasteiger partial charge is 0.372 e. The molecule has 1 fully saturated rings. The van der Waals surface area contributed by atoms with Gasteiger partial charge in [0.1, 0.15) is 0 Å². The van der Waals surface area contributed by atoms with Gasteiger partial charge in [0.2, 0.25) is 0 Å². The average Bonchev–Trinajstić information content (AvgIpc) is 2.54. The van der Waals surface area contributed by atoms with Crippen molar-refractivity contribution in [1.29, 1.82) is 0 Å². The summed E-state index contributed by atoms with van der Waals surface area (Å²) in [5, 5.41) is 3.29. The number of nitrogens with one attached hydrogen (secondary N) is 1. The fraction of sp³-hybridized carbons (Fsp3) is 0.562. The van der Waals surface area contributed by atoms with E-state index in [0.717, 1.165) is 51.3 Å². The standard InChI is InChI=1S/C16H23N3O/c1-2-18-9-3-4-13-5-6-14(12-15(13)18)16(20)19-10-7-17-8-11-19/h5-6,12,17H,2-4,7-11H2,1H3. The second kappa shape index (κ2) is 5.83. The summed E-state index contributed by atoms with van der Waals surface area (Å²) >= 11 is 0. The van der Waals surface area contributed by atoms with E-state index in [1.54, 1.807) is 0 Å². The maximum Gasteiger partial charge on any atom is 0.254 e. The van der Waals surface area contributed by atoms with Gasteiger partial charge in [-0.3, -0.25) is 4.79 Å². The van der Waals surface area contributed by atoms with Crippen molar-refractivity contribution < 1.29 is 4.79 Å². The number of amides is 1. The summed E-state index contributed by atoms with van der Waals surface area (Å²) in [5.74, 6) is 0.177. The van der Waals surface area contributed by atoms with Crippen molar-refractivity contribution in [2.45, 2.75) is 19.8 Å². The molecule has 3 rings (SSSR count). The number of aryl methyl sites for hydroxylation is 1. The van der Waals surface area contributed by atoms with Crippen LogP contribution in [0, 0.1) is 0 Å². The Balaban J connectivity index is 1.85. The number of nitrogens with zero attached hydrogens (tertiary/aromatic N) is 2. The summed E-state index contributed by atoms with van der Waals surface area (Å²) < 4.78 is 0. The maximum atomic E-state index is 12.6. The van der Waals surface area contributed by atoms with Crippen molar-refractivity contribution in [1.82, 2.24) is 10.2 Å². The second-order valence-electron chi connectivity index (χ2n) is 5.57. The normalized spacial score (nSPS) is 18.9. The van der Waals surface area contributed by atoms with E-state index in [1.807, 2.05) is 11.0 Å². The minimum absolute atomic E-state index is 0.177. The Bertz CT molecular complexity index is 494. The molecule has 1 aromatic rings. The van der Waals surface area contributed by atoms with Crippen LogP contribution >= 0.6 is 0 Å². The molecule has 0 aromatic heterocycles. The predicted octanol–water partition coefficient (Wildman–Crippen LogP) is 1.50. The van der Waals surface area contributed by atoms with Crippen LogP contribution < -0.4 is 10.2 Å². The zero-order valence-electron chi connectivity index (χ0n) is 12.2. The van der Waals surface area contributed by atoms with E-state index in [-0.39, 0.29) is 5.91 Å². The Morgan fingerprint density at radius 2 is 2.05 bits per heavy atom. The molecule has 0 spiro atoms. The summed E-state index contributed by atoms with van der Waals surface area (Å²) in [6.07, 6.45) is 2.35. The molecule has 1 aromatic carbocycles. The zero-order valence-corrected chi connectivity index (χ0v) is 12.2. The highest BCUT2D eigenvalue weighted by Crippen LogP contribution is 2.28. The summed E-state index contributed by atoms with van der Waals surface area (Å²) in [7, 11) is 0. The molecular formula is C16H23N3O. The first kappa shape index (κ1) is 13.4. The highest BCUT2D eigenvalue weighted by molar-refractivity contribution is 5.95. The van der Waals surface area contributed by atoms with Crippen LogP contribution in [0.25, 0.3) is 0 Å². The third-order valence-corrected chi connectivity index (χ3v) is 4.33. The van der Waals surface area contributed by atoms with E-state index >= 15 is 0 Å². The van der Waals surface area contributed by atoms with E-state index in [4.69, 9.17) is 0 Å². The van der Waals surface area contributed by atoms with Gasteiger partial charge < -0.3 is 15.1 Å². The third-order valence-electron chi connectivity index (χ3n) is 4.33. The zero-order chi connectivity index (χ0) is 13.9. The third kappa shape index (κ3) is 2.52. The molecule has 1 saturated heterocycles. The summed E-state index contributed by atoms with van der Waals surface area (Å²) in [6, 6.07) is 6.25. The van der Waals surface area contributed by atoms with Crippen molar-refractivity contribution >= 4 is 11.6 Å². The Kier molecular flexibility index (Phi) is 3.92. The first-order chi connectivity index (χ1) is 9.79. The molecule has 108 valence electrons. The van der Waals surface area contributed by atoms with Crippen LogP contribution in [0.4, 0.5) is 5.69 Å². The fourth-order valence-electron chi connectivity index (χ4n) is 3.16. The fourth-order valence-corrected chi connectivity index (χ4v) is 3.16. The quantitative estimate of drug-likeness (QED) is 0.887. The molecule has 4 nitrogen and oxygen atoms in total. The Hall–Kier alpha value is -1.55. The van der Waals surface area contributed by atoms with Gasteiger partial charge in [-0.05, 0) is 37.5 Å². The molecule has 4 heteroatoms. The number of rotatable bonds is 2. The molecule has 0 radical (unpaired) electrons. The molecule has 0 atom stereocenters. The number of piperazine rings is 1. The molecule has 0 unspecified atom stereocenters. The Morgan fingerprint density at radius 3 is 2.80 bits per heavy atom. The lowest BCUT2D eigenvalue weighted by atomic mass is 9.99. The predicted molar refractivity (Wildman–Crippen MR) is 81.4 cm³/mol. The smallest absolute Gasteiger partial charge is 0.254 e. The first-order valence-corrected chi connectivity index (χ1v) is 7.67. The minimum atomic E-state index is 0.177. The number of carbonyl (C=O) groups excluding carboxylic acids is 1. The van der Waals surface area contributed by atoms with Gasteiger partial charge >= 0.3 is 0 Å². The highest BCUT2D eigenvalue weighted by Gasteiger charge is 2.21. The molecule has 0 bridgehead atoms. The lowest BCUT2D eigenvalue weighted by Gasteiger charge is -2.32. The second-order valence-corrected chi connectivity index (χ2v) is 5.57. The number of benzene rings is 1. The minimum Gasteiger partial charge on any atom is -0.372 e. The van der Waals surface area contributed by atoms with Crippen molar-refractivity contribution in [2.75, 3.05) is 44.2 Å². The van der Waals surface area contributed by atoms with Gasteiger partial charge in [-0.1, -0.05) is 6.07 Å². The summed E-state index contributed by atoms with van der Waals surface area (Å²) in [4.78, 5) is 16.9. The molecule has 1 N–H and O–H groups in total. The van der Waals surface area contributed by atoms with Crippen LogP contribution in [0.1, 0.15) is 29.3 Å².